The second-order valence-corrected chi connectivity index (χ2v) is 8.61. The van der Waals surface area contributed by atoms with Gasteiger partial charge in [0.05, 0.1) is 17.6 Å². The van der Waals surface area contributed by atoms with Crippen LogP contribution in [-0.4, -0.2) is 27.5 Å². The lowest BCUT2D eigenvalue weighted by Crippen LogP contribution is -2.33. The van der Waals surface area contributed by atoms with Crippen LogP contribution in [0.2, 0.25) is 5.02 Å². The number of likely N-dealkylation sites (tertiary alicyclic amines) is 1. The maximum Gasteiger partial charge on any atom is 0.124 e. The number of imidazole rings is 1. The third kappa shape index (κ3) is 3.28. The minimum atomic E-state index is 0.658. The van der Waals surface area contributed by atoms with Crippen molar-refractivity contribution in [2.45, 2.75) is 51.6 Å². The summed E-state index contributed by atoms with van der Waals surface area (Å²) in [7, 11) is 0. The van der Waals surface area contributed by atoms with Crippen LogP contribution in [0.4, 0.5) is 0 Å². The second kappa shape index (κ2) is 6.96. The lowest BCUT2D eigenvalue weighted by atomic mass is 9.89. The Morgan fingerprint density at radius 1 is 1.07 bits per heavy atom. The topological polar surface area (TPSA) is 21.1 Å². The molecule has 0 radical (unpaired) electrons. The third-order valence-electron chi connectivity index (χ3n) is 6.27. The highest BCUT2D eigenvalue weighted by Gasteiger charge is 2.24. The number of hydrogen-bond acceptors (Lipinski definition) is 2. The van der Waals surface area contributed by atoms with Crippen LogP contribution in [-0.2, 0) is 19.5 Å². The summed E-state index contributed by atoms with van der Waals surface area (Å²) in [5, 5.41) is 0.825. The molecule has 0 N–H and O–H groups in total. The minimum absolute atomic E-state index is 0.658. The van der Waals surface area contributed by atoms with Gasteiger partial charge < -0.3 is 4.57 Å². The van der Waals surface area contributed by atoms with E-state index in [1.807, 2.05) is 12.1 Å². The summed E-state index contributed by atoms with van der Waals surface area (Å²) >= 11 is 6.03. The molecule has 0 aliphatic carbocycles. The van der Waals surface area contributed by atoms with Crippen LogP contribution < -0.4 is 0 Å². The standard InChI is InChI=1S/C23H26ClN3/c1-16-13-19-3-2-10-27-22(25-21(14-16)23(19)27)15-26-11-8-18(9-12-26)17-4-6-20(24)7-5-17/h4-7,13-14,18H,2-3,8-12,15H2,1H3. The number of rotatable bonds is 3. The number of aromatic nitrogens is 2. The van der Waals surface area contributed by atoms with Gasteiger partial charge in [-0.1, -0.05) is 29.8 Å². The molecule has 0 unspecified atom stereocenters. The Morgan fingerprint density at radius 2 is 1.85 bits per heavy atom. The molecule has 3 nitrogen and oxygen atoms in total. The Labute approximate surface area is 166 Å². The Balaban J connectivity index is 1.32. The van der Waals surface area contributed by atoms with E-state index in [2.05, 4.69) is 40.7 Å². The molecular formula is C23H26ClN3. The van der Waals surface area contributed by atoms with E-state index in [1.165, 1.54) is 59.2 Å². The number of nitrogens with zero attached hydrogens (tertiary/aromatic N) is 3. The minimum Gasteiger partial charge on any atom is -0.327 e. The van der Waals surface area contributed by atoms with Crippen LogP contribution in [0.5, 0.6) is 0 Å². The monoisotopic (exact) mass is 379 g/mol. The number of halogens is 1. The maximum absolute atomic E-state index is 6.03. The van der Waals surface area contributed by atoms with Crippen LogP contribution in [0.1, 0.15) is 47.7 Å². The van der Waals surface area contributed by atoms with E-state index in [9.17, 15) is 0 Å². The van der Waals surface area contributed by atoms with Gasteiger partial charge in [-0.25, -0.2) is 4.98 Å². The van der Waals surface area contributed by atoms with Crippen molar-refractivity contribution >= 4 is 22.6 Å². The first-order valence-corrected chi connectivity index (χ1v) is 10.5. The molecule has 0 amide bonds. The molecule has 1 aromatic heterocycles. The zero-order chi connectivity index (χ0) is 18.4. The van der Waals surface area contributed by atoms with Crippen molar-refractivity contribution in [2.24, 2.45) is 0 Å². The molecule has 1 fully saturated rings. The molecule has 27 heavy (non-hydrogen) atoms. The normalized spacial score (nSPS) is 18.3. The predicted octanol–water partition coefficient (Wildman–Crippen LogP) is 5.32. The summed E-state index contributed by atoms with van der Waals surface area (Å²) in [5.41, 5.74) is 6.82. The Hall–Kier alpha value is -1.84. The fourth-order valence-corrected chi connectivity index (χ4v) is 5.02. The van der Waals surface area contributed by atoms with Gasteiger partial charge in [0.25, 0.3) is 0 Å². The van der Waals surface area contributed by atoms with Crippen molar-refractivity contribution in [3.05, 3.63) is 63.9 Å². The molecular weight excluding hydrogens is 354 g/mol. The molecule has 0 spiro atoms. The second-order valence-electron chi connectivity index (χ2n) is 8.18. The van der Waals surface area contributed by atoms with Gasteiger partial charge in [-0.15, -0.1) is 0 Å². The third-order valence-corrected chi connectivity index (χ3v) is 6.52. The zero-order valence-electron chi connectivity index (χ0n) is 15.9. The first-order chi connectivity index (χ1) is 13.2. The lowest BCUT2D eigenvalue weighted by molar-refractivity contribution is 0.198. The van der Waals surface area contributed by atoms with Gasteiger partial charge in [-0.2, -0.15) is 0 Å². The van der Waals surface area contributed by atoms with E-state index in [1.54, 1.807) is 0 Å². The fraction of sp³-hybridized carbons (Fsp3) is 0.435. The molecule has 0 saturated carbocycles. The molecule has 2 aromatic carbocycles. The summed E-state index contributed by atoms with van der Waals surface area (Å²) < 4.78 is 2.49. The maximum atomic E-state index is 6.03. The van der Waals surface area contributed by atoms with Crippen LogP contribution >= 0.6 is 11.6 Å². The highest BCUT2D eigenvalue weighted by molar-refractivity contribution is 6.30. The number of piperidine rings is 1. The van der Waals surface area contributed by atoms with E-state index < -0.39 is 0 Å². The highest BCUT2D eigenvalue weighted by atomic mass is 35.5. The molecule has 1 saturated heterocycles. The molecule has 2 aliphatic heterocycles. The van der Waals surface area contributed by atoms with Gasteiger partial charge in [0.1, 0.15) is 5.82 Å². The van der Waals surface area contributed by atoms with Crippen molar-refractivity contribution in [1.29, 1.82) is 0 Å². The Bertz CT molecular complexity index is 965. The largest absolute Gasteiger partial charge is 0.327 e. The van der Waals surface area contributed by atoms with E-state index in [-0.39, 0.29) is 0 Å². The quantitative estimate of drug-likeness (QED) is 0.613. The van der Waals surface area contributed by atoms with Gasteiger partial charge >= 0.3 is 0 Å². The van der Waals surface area contributed by atoms with Crippen molar-refractivity contribution in [3.63, 3.8) is 0 Å². The average Bonchev–Trinajstić information content (AvgIpc) is 3.02. The number of aryl methyl sites for hydroxylation is 3. The first-order valence-electron chi connectivity index (χ1n) is 10.1. The van der Waals surface area contributed by atoms with Crippen LogP contribution in [0.15, 0.2) is 36.4 Å². The molecule has 140 valence electrons. The predicted molar refractivity (Wildman–Crippen MR) is 111 cm³/mol. The van der Waals surface area contributed by atoms with E-state index in [0.29, 0.717) is 5.92 Å². The number of hydrogen-bond donors (Lipinski definition) is 0. The summed E-state index contributed by atoms with van der Waals surface area (Å²) in [6, 6.07) is 13.0. The SMILES string of the molecule is Cc1cc2c3c(c1)nc(CN1CCC(c4ccc(Cl)cc4)CC1)n3CCC2. The smallest absolute Gasteiger partial charge is 0.124 e. The van der Waals surface area contributed by atoms with Crippen molar-refractivity contribution < 1.29 is 0 Å². The molecule has 3 heterocycles. The fourth-order valence-electron chi connectivity index (χ4n) is 4.90. The first kappa shape index (κ1) is 17.3. The summed E-state index contributed by atoms with van der Waals surface area (Å²) in [6.07, 6.45) is 4.85. The van der Waals surface area contributed by atoms with Gasteiger partial charge in [0, 0.05) is 11.6 Å². The Morgan fingerprint density at radius 3 is 2.63 bits per heavy atom. The summed E-state index contributed by atoms with van der Waals surface area (Å²) in [5.74, 6) is 1.91. The lowest BCUT2D eigenvalue weighted by Gasteiger charge is -2.32. The van der Waals surface area contributed by atoms with E-state index in [0.717, 1.165) is 31.2 Å². The average molecular weight is 380 g/mol. The van der Waals surface area contributed by atoms with Crippen LogP contribution in [0, 0.1) is 6.92 Å². The Kier molecular flexibility index (Phi) is 4.45. The van der Waals surface area contributed by atoms with Crippen molar-refractivity contribution in [1.82, 2.24) is 14.5 Å². The zero-order valence-corrected chi connectivity index (χ0v) is 16.7. The summed E-state index contributed by atoms with van der Waals surface area (Å²) in [6.45, 7) is 6.55. The number of benzene rings is 2. The van der Waals surface area contributed by atoms with Crippen molar-refractivity contribution in [3.8, 4) is 0 Å². The van der Waals surface area contributed by atoms with Crippen molar-refractivity contribution in [2.75, 3.05) is 13.1 Å². The highest BCUT2D eigenvalue weighted by Crippen LogP contribution is 2.31. The molecule has 0 atom stereocenters. The molecule has 3 aromatic rings. The van der Waals surface area contributed by atoms with Gasteiger partial charge in [0.2, 0.25) is 0 Å². The van der Waals surface area contributed by atoms with Crippen LogP contribution in [0.3, 0.4) is 0 Å². The van der Waals surface area contributed by atoms with E-state index >= 15 is 0 Å². The molecule has 0 bridgehead atoms. The van der Waals surface area contributed by atoms with Crippen LogP contribution in [0.25, 0.3) is 11.0 Å². The summed E-state index contributed by atoms with van der Waals surface area (Å²) in [4.78, 5) is 7.61. The molecule has 5 rings (SSSR count). The van der Waals surface area contributed by atoms with E-state index in [4.69, 9.17) is 16.6 Å². The van der Waals surface area contributed by atoms with Gasteiger partial charge in [0.15, 0.2) is 0 Å². The molecule has 4 heteroatoms. The van der Waals surface area contributed by atoms with Gasteiger partial charge in [-0.3, -0.25) is 4.90 Å². The molecule has 2 aliphatic rings. The van der Waals surface area contributed by atoms with Gasteiger partial charge in [-0.05, 0) is 86.5 Å².